The van der Waals surface area contributed by atoms with E-state index in [0.717, 1.165) is 18.3 Å². The Morgan fingerprint density at radius 3 is 2.78 bits per heavy atom. The van der Waals surface area contributed by atoms with Crippen LogP contribution in [0.4, 0.5) is 5.69 Å². The Morgan fingerprint density at radius 1 is 1.28 bits per heavy atom. The molecule has 1 heteroatoms. The second kappa shape index (κ2) is 6.26. The van der Waals surface area contributed by atoms with Crippen LogP contribution in [0.5, 0.6) is 0 Å². The van der Waals surface area contributed by atoms with Crippen LogP contribution in [-0.4, -0.2) is 7.05 Å². The lowest BCUT2D eigenvalue weighted by atomic mass is 9.79. The van der Waals surface area contributed by atoms with E-state index in [0.29, 0.717) is 0 Å². The van der Waals surface area contributed by atoms with E-state index in [-0.39, 0.29) is 0 Å². The third-order valence-electron chi connectivity index (χ3n) is 4.41. The van der Waals surface area contributed by atoms with Crippen molar-refractivity contribution in [1.29, 1.82) is 0 Å². The molecule has 0 heterocycles. The molecule has 1 fully saturated rings. The maximum Gasteiger partial charge on any atom is 0.0372 e. The third-order valence-corrected chi connectivity index (χ3v) is 4.41. The van der Waals surface area contributed by atoms with Gasteiger partial charge in [0.2, 0.25) is 0 Å². The van der Waals surface area contributed by atoms with E-state index in [9.17, 15) is 0 Å². The highest BCUT2D eigenvalue weighted by molar-refractivity contribution is 5.53. The first kappa shape index (κ1) is 13.5. The summed E-state index contributed by atoms with van der Waals surface area (Å²) in [6, 6.07) is 6.95. The predicted octanol–water partition coefficient (Wildman–Crippen LogP) is 4.66. The number of nitrogens with one attached hydrogen (secondary N) is 1. The Hall–Kier alpha value is -0.980. The molecule has 0 bridgehead atoms. The molecule has 1 nitrogen and oxygen atoms in total. The van der Waals surface area contributed by atoms with E-state index in [1.54, 1.807) is 0 Å². The van der Waals surface area contributed by atoms with Crippen LogP contribution in [0.25, 0.3) is 0 Å². The van der Waals surface area contributed by atoms with Gasteiger partial charge in [0.25, 0.3) is 0 Å². The van der Waals surface area contributed by atoms with Crippen molar-refractivity contribution in [3.05, 3.63) is 29.3 Å². The van der Waals surface area contributed by atoms with Gasteiger partial charge >= 0.3 is 0 Å². The van der Waals surface area contributed by atoms with Crippen LogP contribution in [0, 0.1) is 11.8 Å². The van der Waals surface area contributed by atoms with Crippen LogP contribution in [-0.2, 0) is 12.8 Å². The van der Waals surface area contributed by atoms with E-state index >= 15 is 0 Å². The van der Waals surface area contributed by atoms with Crippen LogP contribution in [0.2, 0.25) is 0 Å². The van der Waals surface area contributed by atoms with E-state index in [4.69, 9.17) is 0 Å². The molecule has 1 aromatic carbocycles. The molecule has 1 aliphatic rings. The molecule has 0 spiro atoms. The minimum absolute atomic E-state index is 0.897. The van der Waals surface area contributed by atoms with Crippen molar-refractivity contribution in [2.45, 2.75) is 52.4 Å². The fraction of sp³-hybridized carbons (Fsp3) is 0.647. The second-order valence-corrected chi connectivity index (χ2v) is 5.94. The van der Waals surface area contributed by atoms with Gasteiger partial charge < -0.3 is 5.32 Å². The van der Waals surface area contributed by atoms with Gasteiger partial charge in [-0.25, -0.2) is 0 Å². The summed E-state index contributed by atoms with van der Waals surface area (Å²) < 4.78 is 0. The fourth-order valence-electron chi connectivity index (χ4n) is 3.31. The van der Waals surface area contributed by atoms with Crippen LogP contribution >= 0.6 is 0 Å². The SMILES string of the molecule is CCc1ccc(CC2CCCC(C)C2)c(NC)c1. The summed E-state index contributed by atoms with van der Waals surface area (Å²) in [5.41, 5.74) is 4.28. The number of hydrogen-bond acceptors (Lipinski definition) is 1. The summed E-state index contributed by atoms with van der Waals surface area (Å²) in [6.45, 7) is 4.63. The molecule has 1 aliphatic carbocycles. The highest BCUT2D eigenvalue weighted by Crippen LogP contribution is 2.32. The highest BCUT2D eigenvalue weighted by atomic mass is 14.8. The van der Waals surface area contributed by atoms with Crippen LogP contribution < -0.4 is 5.32 Å². The fourth-order valence-corrected chi connectivity index (χ4v) is 3.31. The second-order valence-electron chi connectivity index (χ2n) is 5.94. The summed E-state index contributed by atoms with van der Waals surface area (Å²) in [6.07, 6.45) is 8.07. The van der Waals surface area contributed by atoms with Crippen molar-refractivity contribution in [2.24, 2.45) is 11.8 Å². The van der Waals surface area contributed by atoms with Gasteiger partial charge in [-0.3, -0.25) is 0 Å². The summed E-state index contributed by atoms with van der Waals surface area (Å²) in [5.74, 6) is 1.82. The van der Waals surface area contributed by atoms with E-state index in [1.165, 1.54) is 48.9 Å². The molecule has 0 amide bonds. The van der Waals surface area contributed by atoms with E-state index < -0.39 is 0 Å². The number of anilines is 1. The van der Waals surface area contributed by atoms with Crippen LogP contribution in [0.3, 0.4) is 0 Å². The first-order valence-electron chi connectivity index (χ1n) is 7.52. The smallest absolute Gasteiger partial charge is 0.0372 e. The molecule has 0 radical (unpaired) electrons. The van der Waals surface area contributed by atoms with Gasteiger partial charge in [0.1, 0.15) is 0 Å². The van der Waals surface area contributed by atoms with Gasteiger partial charge in [-0.1, -0.05) is 45.2 Å². The summed E-state index contributed by atoms with van der Waals surface area (Å²) in [5, 5.41) is 3.37. The van der Waals surface area contributed by atoms with Crippen molar-refractivity contribution in [1.82, 2.24) is 0 Å². The molecule has 18 heavy (non-hydrogen) atoms. The predicted molar refractivity (Wildman–Crippen MR) is 80.2 cm³/mol. The molecule has 2 atom stereocenters. The number of benzene rings is 1. The van der Waals surface area contributed by atoms with Crippen molar-refractivity contribution < 1.29 is 0 Å². The van der Waals surface area contributed by atoms with Crippen molar-refractivity contribution in [2.75, 3.05) is 12.4 Å². The Morgan fingerprint density at radius 2 is 2.11 bits per heavy atom. The monoisotopic (exact) mass is 245 g/mol. The van der Waals surface area contributed by atoms with Gasteiger partial charge in [0.15, 0.2) is 0 Å². The quantitative estimate of drug-likeness (QED) is 0.813. The molecule has 1 N–H and O–H groups in total. The molecule has 2 rings (SSSR count). The normalized spacial score (nSPS) is 23.9. The lowest BCUT2D eigenvalue weighted by Gasteiger charge is -2.27. The summed E-state index contributed by atoms with van der Waals surface area (Å²) >= 11 is 0. The molecule has 1 saturated carbocycles. The zero-order valence-electron chi connectivity index (χ0n) is 12.1. The topological polar surface area (TPSA) is 12.0 Å². The lowest BCUT2D eigenvalue weighted by Crippen LogP contribution is -2.16. The van der Waals surface area contributed by atoms with E-state index in [2.05, 4.69) is 37.4 Å². The molecular formula is C17H27N. The van der Waals surface area contributed by atoms with E-state index in [1.807, 2.05) is 7.05 Å². The molecule has 0 aliphatic heterocycles. The standard InChI is InChI=1S/C17H27N/c1-4-14-8-9-16(17(12-14)18-3)11-15-7-5-6-13(2)10-15/h8-9,12-13,15,18H,4-7,10-11H2,1-3H3. The van der Waals surface area contributed by atoms with Crippen molar-refractivity contribution in [3.63, 3.8) is 0 Å². The first-order chi connectivity index (χ1) is 8.72. The molecular weight excluding hydrogens is 218 g/mol. The Kier molecular flexibility index (Phi) is 4.68. The zero-order chi connectivity index (χ0) is 13.0. The molecule has 0 aromatic heterocycles. The Labute approximate surface area is 112 Å². The first-order valence-corrected chi connectivity index (χ1v) is 7.52. The third kappa shape index (κ3) is 3.28. The van der Waals surface area contributed by atoms with Crippen LogP contribution in [0.15, 0.2) is 18.2 Å². The maximum absolute atomic E-state index is 3.37. The molecule has 2 unspecified atom stereocenters. The van der Waals surface area contributed by atoms with Gasteiger partial charge in [0, 0.05) is 12.7 Å². The van der Waals surface area contributed by atoms with Gasteiger partial charge in [-0.05, 0) is 48.3 Å². The summed E-state index contributed by atoms with van der Waals surface area (Å²) in [4.78, 5) is 0. The van der Waals surface area contributed by atoms with Crippen LogP contribution in [0.1, 0.15) is 50.7 Å². The lowest BCUT2D eigenvalue weighted by molar-refractivity contribution is 0.281. The summed E-state index contributed by atoms with van der Waals surface area (Å²) in [7, 11) is 2.04. The number of rotatable bonds is 4. The largest absolute Gasteiger partial charge is 0.388 e. The molecule has 0 saturated heterocycles. The minimum atomic E-state index is 0.897. The van der Waals surface area contributed by atoms with Gasteiger partial charge in [-0.2, -0.15) is 0 Å². The Bertz CT molecular complexity index is 383. The number of aryl methyl sites for hydroxylation is 1. The van der Waals surface area contributed by atoms with Crippen molar-refractivity contribution in [3.8, 4) is 0 Å². The van der Waals surface area contributed by atoms with Gasteiger partial charge in [-0.15, -0.1) is 0 Å². The average Bonchev–Trinajstić information content (AvgIpc) is 2.39. The van der Waals surface area contributed by atoms with Gasteiger partial charge in [0.05, 0.1) is 0 Å². The molecule has 1 aromatic rings. The highest BCUT2D eigenvalue weighted by Gasteiger charge is 2.19. The Balaban J connectivity index is 2.08. The molecule has 100 valence electrons. The zero-order valence-corrected chi connectivity index (χ0v) is 12.1. The number of hydrogen-bond donors (Lipinski definition) is 1. The maximum atomic E-state index is 3.37. The minimum Gasteiger partial charge on any atom is -0.388 e. The average molecular weight is 245 g/mol. The van der Waals surface area contributed by atoms with Crippen molar-refractivity contribution >= 4 is 5.69 Å².